The molecule has 0 fully saturated rings. The zero-order valence-electron chi connectivity index (χ0n) is 8.65. The first-order chi connectivity index (χ1) is 8.24. The Kier molecular flexibility index (Phi) is 2.65. The molecule has 1 aliphatic heterocycles. The molecule has 1 aliphatic carbocycles. The van der Waals surface area contributed by atoms with Crippen molar-refractivity contribution < 1.29 is 4.74 Å². The van der Waals surface area contributed by atoms with Gasteiger partial charge in [0.25, 0.3) is 0 Å². The summed E-state index contributed by atoms with van der Waals surface area (Å²) < 4.78 is 6.70. The van der Waals surface area contributed by atoms with Gasteiger partial charge in [-0.25, -0.2) is 4.99 Å². The summed E-state index contributed by atoms with van der Waals surface area (Å²) in [6.45, 7) is 0. The monoisotopic (exact) mass is 307 g/mol. The molecule has 0 spiro atoms. The molecule has 1 aromatic rings. The van der Waals surface area contributed by atoms with E-state index in [-0.39, 0.29) is 0 Å². The van der Waals surface area contributed by atoms with Gasteiger partial charge in [0.05, 0.1) is 4.48 Å². The second kappa shape index (κ2) is 4.17. The molecule has 2 aliphatic rings. The highest BCUT2D eigenvalue weighted by atomic mass is 79.9. The molecule has 0 saturated heterocycles. The lowest BCUT2D eigenvalue weighted by molar-refractivity contribution is 0.450. The van der Waals surface area contributed by atoms with Crippen molar-refractivity contribution in [3.63, 3.8) is 0 Å². The molecule has 2 nitrogen and oxygen atoms in total. The topological polar surface area (TPSA) is 21.6 Å². The first kappa shape index (κ1) is 10.8. The summed E-state index contributed by atoms with van der Waals surface area (Å²) in [7, 11) is 0. The number of benzene rings is 1. The number of fused-ring (bicyclic) bond motifs is 2. The standard InChI is InChI=1S/C13H7BrClNO/c14-9-3-1-2-4-10-13(9)17-12-6-5-8(15)7-11(12)16-10/h1-7H. The summed E-state index contributed by atoms with van der Waals surface area (Å²) in [4.78, 5) is 4.53. The molecule has 4 heteroatoms. The van der Waals surface area contributed by atoms with Gasteiger partial charge in [0.2, 0.25) is 0 Å². The van der Waals surface area contributed by atoms with Gasteiger partial charge in [-0.05, 0) is 46.3 Å². The highest BCUT2D eigenvalue weighted by Gasteiger charge is 2.20. The zero-order valence-corrected chi connectivity index (χ0v) is 11.0. The molecule has 3 rings (SSSR count). The van der Waals surface area contributed by atoms with E-state index in [1.54, 1.807) is 12.1 Å². The molecule has 0 atom stereocenters. The SMILES string of the molecule is Clc1ccc2c(c1)N=C1C=CC=CC(Br)=C1O2. The third-order valence-electron chi connectivity index (χ3n) is 2.43. The summed E-state index contributed by atoms with van der Waals surface area (Å²) in [5, 5.41) is 0.652. The van der Waals surface area contributed by atoms with E-state index in [1.807, 2.05) is 30.4 Å². The maximum Gasteiger partial charge on any atom is 0.167 e. The van der Waals surface area contributed by atoms with Crippen molar-refractivity contribution in [2.24, 2.45) is 4.99 Å². The smallest absolute Gasteiger partial charge is 0.167 e. The fraction of sp³-hybridized carbons (Fsp3) is 0. The molecule has 0 unspecified atom stereocenters. The van der Waals surface area contributed by atoms with E-state index in [0.717, 1.165) is 21.6 Å². The van der Waals surface area contributed by atoms with Crippen molar-refractivity contribution >= 4 is 38.9 Å². The van der Waals surface area contributed by atoms with Crippen molar-refractivity contribution in [3.8, 4) is 5.75 Å². The van der Waals surface area contributed by atoms with Crippen LogP contribution >= 0.6 is 27.5 Å². The van der Waals surface area contributed by atoms with Crippen molar-refractivity contribution in [1.82, 2.24) is 0 Å². The van der Waals surface area contributed by atoms with Crippen molar-refractivity contribution in [2.45, 2.75) is 0 Å². The van der Waals surface area contributed by atoms with Gasteiger partial charge in [0, 0.05) is 5.02 Å². The average molecular weight is 309 g/mol. The first-order valence-corrected chi connectivity index (χ1v) is 6.22. The molecule has 17 heavy (non-hydrogen) atoms. The number of hydrogen-bond acceptors (Lipinski definition) is 2. The third-order valence-corrected chi connectivity index (χ3v) is 3.29. The summed E-state index contributed by atoms with van der Waals surface area (Å²) in [5.41, 5.74) is 1.54. The van der Waals surface area contributed by atoms with Crippen LogP contribution in [0.3, 0.4) is 0 Å². The molecule has 0 aromatic heterocycles. The van der Waals surface area contributed by atoms with Crippen LogP contribution in [0.15, 0.2) is 57.7 Å². The number of aliphatic imine (C=N–C) groups is 1. The van der Waals surface area contributed by atoms with Crippen molar-refractivity contribution in [3.05, 3.63) is 57.8 Å². The Morgan fingerprint density at radius 1 is 1.18 bits per heavy atom. The Morgan fingerprint density at radius 2 is 2.00 bits per heavy atom. The van der Waals surface area contributed by atoms with Crippen LogP contribution in [0.5, 0.6) is 5.75 Å². The summed E-state index contributed by atoms with van der Waals surface area (Å²) in [6, 6.07) is 5.40. The third kappa shape index (κ3) is 1.96. The summed E-state index contributed by atoms with van der Waals surface area (Å²) >= 11 is 9.40. The Bertz CT molecular complexity index is 614. The predicted octanol–water partition coefficient (Wildman–Crippen LogP) is 4.54. The molecule has 1 heterocycles. The maximum absolute atomic E-state index is 5.94. The van der Waals surface area contributed by atoms with Crippen LogP contribution in [0, 0.1) is 0 Å². The Labute approximate surface area is 112 Å². The Balaban J connectivity index is 2.20. The summed E-state index contributed by atoms with van der Waals surface area (Å²) in [6.07, 6.45) is 7.68. The van der Waals surface area contributed by atoms with Crippen LogP contribution in [-0.4, -0.2) is 5.71 Å². The molecule has 84 valence electrons. The van der Waals surface area contributed by atoms with E-state index in [2.05, 4.69) is 20.9 Å². The van der Waals surface area contributed by atoms with Crippen molar-refractivity contribution in [2.75, 3.05) is 0 Å². The predicted molar refractivity (Wildman–Crippen MR) is 73.4 cm³/mol. The van der Waals surface area contributed by atoms with Gasteiger partial charge < -0.3 is 4.74 Å². The number of rotatable bonds is 0. The number of halogens is 2. The molecule has 0 N–H and O–H groups in total. The highest BCUT2D eigenvalue weighted by molar-refractivity contribution is 9.11. The van der Waals surface area contributed by atoms with Crippen LogP contribution in [0.25, 0.3) is 0 Å². The average Bonchev–Trinajstić information content (AvgIpc) is 2.49. The molecule has 0 bridgehead atoms. The van der Waals surface area contributed by atoms with Gasteiger partial charge in [0.15, 0.2) is 11.5 Å². The van der Waals surface area contributed by atoms with E-state index in [0.29, 0.717) is 10.8 Å². The van der Waals surface area contributed by atoms with Crippen LogP contribution in [0.2, 0.25) is 5.02 Å². The van der Waals surface area contributed by atoms with Gasteiger partial charge in [-0.3, -0.25) is 0 Å². The molecule has 0 radical (unpaired) electrons. The second-order valence-electron chi connectivity index (χ2n) is 3.61. The molecular formula is C13H7BrClNO. The zero-order chi connectivity index (χ0) is 11.8. The minimum atomic E-state index is 0.652. The Morgan fingerprint density at radius 3 is 2.88 bits per heavy atom. The number of ether oxygens (including phenoxy) is 1. The maximum atomic E-state index is 5.94. The van der Waals surface area contributed by atoms with Crippen molar-refractivity contribution in [1.29, 1.82) is 0 Å². The van der Waals surface area contributed by atoms with Crippen LogP contribution < -0.4 is 4.74 Å². The lowest BCUT2D eigenvalue weighted by Crippen LogP contribution is -2.11. The largest absolute Gasteiger partial charge is 0.452 e. The molecule has 1 aromatic carbocycles. The van der Waals surface area contributed by atoms with E-state index >= 15 is 0 Å². The quantitative estimate of drug-likeness (QED) is 0.689. The van der Waals surface area contributed by atoms with E-state index in [9.17, 15) is 0 Å². The lowest BCUT2D eigenvalue weighted by atomic mass is 10.2. The molecule has 0 amide bonds. The minimum absolute atomic E-state index is 0.652. The molecular weight excluding hydrogens is 302 g/mol. The first-order valence-electron chi connectivity index (χ1n) is 5.05. The summed E-state index contributed by atoms with van der Waals surface area (Å²) in [5.74, 6) is 1.44. The van der Waals surface area contributed by atoms with Gasteiger partial charge in [-0.2, -0.15) is 0 Å². The van der Waals surface area contributed by atoms with Crippen LogP contribution in [0.1, 0.15) is 0 Å². The normalized spacial score (nSPS) is 16.9. The molecule has 0 saturated carbocycles. The number of allylic oxidation sites excluding steroid dienone is 5. The number of hydrogen-bond donors (Lipinski definition) is 0. The Hall–Kier alpha value is -1.32. The van der Waals surface area contributed by atoms with Gasteiger partial charge in [-0.1, -0.05) is 23.8 Å². The van der Waals surface area contributed by atoms with Crippen LogP contribution in [0.4, 0.5) is 5.69 Å². The van der Waals surface area contributed by atoms with Gasteiger partial charge in [-0.15, -0.1) is 0 Å². The van der Waals surface area contributed by atoms with E-state index < -0.39 is 0 Å². The van der Waals surface area contributed by atoms with Gasteiger partial charge in [0.1, 0.15) is 11.4 Å². The van der Waals surface area contributed by atoms with E-state index in [1.165, 1.54) is 0 Å². The fourth-order valence-corrected chi connectivity index (χ4v) is 2.26. The minimum Gasteiger partial charge on any atom is -0.452 e. The van der Waals surface area contributed by atoms with E-state index in [4.69, 9.17) is 16.3 Å². The number of nitrogens with zero attached hydrogens (tertiary/aromatic N) is 1. The van der Waals surface area contributed by atoms with Gasteiger partial charge >= 0.3 is 0 Å². The highest BCUT2D eigenvalue weighted by Crippen LogP contribution is 2.38. The van der Waals surface area contributed by atoms with Crippen LogP contribution in [-0.2, 0) is 0 Å². The second-order valence-corrected chi connectivity index (χ2v) is 4.90. The lowest BCUT2D eigenvalue weighted by Gasteiger charge is -2.18. The fourth-order valence-electron chi connectivity index (χ4n) is 1.65.